The van der Waals surface area contributed by atoms with Crippen LogP contribution in [-0.2, 0) is 15.1 Å². The van der Waals surface area contributed by atoms with Gasteiger partial charge in [0.15, 0.2) is 5.60 Å². The molecule has 1 aromatic rings. The van der Waals surface area contributed by atoms with E-state index in [-0.39, 0.29) is 6.61 Å². The molecule has 0 aliphatic rings. The third-order valence-electron chi connectivity index (χ3n) is 2.08. The Morgan fingerprint density at radius 2 is 2.00 bits per heavy atom. The van der Waals surface area contributed by atoms with Gasteiger partial charge in [-0.1, -0.05) is 23.7 Å². The lowest BCUT2D eigenvalue weighted by Gasteiger charge is -2.21. The molecule has 0 amide bonds. The van der Waals surface area contributed by atoms with Gasteiger partial charge in [-0.2, -0.15) is 0 Å². The average Bonchev–Trinajstić information content (AvgIpc) is 2.18. The van der Waals surface area contributed by atoms with Gasteiger partial charge in [-0.05, 0) is 31.5 Å². The first kappa shape index (κ1) is 12.0. The number of esters is 1. The topological polar surface area (TPSA) is 46.5 Å². The molecule has 0 aliphatic heterocycles. The molecule has 1 unspecified atom stereocenters. The molecule has 0 saturated heterocycles. The van der Waals surface area contributed by atoms with Crippen molar-refractivity contribution in [1.29, 1.82) is 0 Å². The van der Waals surface area contributed by atoms with Gasteiger partial charge in [0.2, 0.25) is 0 Å². The highest BCUT2D eigenvalue weighted by molar-refractivity contribution is 6.30. The van der Waals surface area contributed by atoms with Crippen molar-refractivity contribution in [2.75, 3.05) is 6.61 Å². The number of ether oxygens (including phenoxy) is 1. The predicted molar refractivity (Wildman–Crippen MR) is 57.7 cm³/mol. The van der Waals surface area contributed by atoms with Crippen LogP contribution in [0.3, 0.4) is 0 Å². The number of benzene rings is 1. The van der Waals surface area contributed by atoms with Crippen molar-refractivity contribution < 1.29 is 14.6 Å². The lowest BCUT2D eigenvalue weighted by molar-refractivity contribution is -0.164. The van der Waals surface area contributed by atoms with Gasteiger partial charge in [-0.25, -0.2) is 4.79 Å². The van der Waals surface area contributed by atoms with Crippen LogP contribution in [0.4, 0.5) is 0 Å². The smallest absolute Gasteiger partial charge is 0.342 e. The molecule has 1 atom stereocenters. The van der Waals surface area contributed by atoms with E-state index in [0.717, 1.165) is 0 Å². The van der Waals surface area contributed by atoms with Crippen LogP contribution in [0, 0.1) is 0 Å². The molecule has 0 aromatic heterocycles. The summed E-state index contributed by atoms with van der Waals surface area (Å²) < 4.78 is 4.77. The van der Waals surface area contributed by atoms with E-state index >= 15 is 0 Å². The van der Waals surface area contributed by atoms with Crippen molar-refractivity contribution >= 4 is 17.6 Å². The van der Waals surface area contributed by atoms with Crippen LogP contribution in [0.25, 0.3) is 0 Å². The number of carbonyl (C=O) groups is 1. The Bertz CT molecular complexity index is 343. The number of hydrogen-bond acceptors (Lipinski definition) is 3. The number of halogens is 1. The Morgan fingerprint density at radius 3 is 2.47 bits per heavy atom. The standard InChI is InChI=1S/C11H13ClO3/c1-3-15-10(13)11(2,14)8-4-6-9(12)7-5-8/h4-7,14H,3H2,1-2H3. The zero-order valence-electron chi connectivity index (χ0n) is 8.66. The summed E-state index contributed by atoms with van der Waals surface area (Å²) in [7, 11) is 0. The SMILES string of the molecule is CCOC(=O)C(C)(O)c1ccc(Cl)cc1. The van der Waals surface area contributed by atoms with Crippen LogP contribution in [0.2, 0.25) is 5.02 Å². The summed E-state index contributed by atoms with van der Waals surface area (Å²) in [5, 5.41) is 10.5. The van der Waals surface area contributed by atoms with Crippen molar-refractivity contribution in [3.05, 3.63) is 34.9 Å². The molecule has 0 fully saturated rings. The second kappa shape index (κ2) is 4.64. The molecule has 82 valence electrons. The van der Waals surface area contributed by atoms with Gasteiger partial charge < -0.3 is 9.84 Å². The van der Waals surface area contributed by atoms with Gasteiger partial charge in [0.25, 0.3) is 0 Å². The van der Waals surface area contributed by atoms with Crippen LogP contribution in [-0.4, -0.2) is 17.7 Å². The zero-order chi connectivity index (χ0) is 11.5. The van der Waals surface area contributed by atoms with E-state index in [1.54, 1.807) is 31.2 Å². The lowest BCUT2D eigenvalue weighted by atomic mass is 9.96. The van der Waals surface area contributed by atoms with Gasteiger partial charge in [-0.3, -0.25) is 0 Å². The van der Waals surface area contributed by atoms with Crippen molar-refractivity contribution in [3.8, 4) is 0 Å². The van der Waals surface area contributed by atoms with E-state index in [0.29, 0.717) is 10.6 Å². The normalized spacial score (nSPS) is 14.4. The molecule has 3 nitrogen and oxygen atoms in total. The Labute approximate surface area is 93.6 Å². The summed E-state index contributed by atoms with van der Waals surface area (Å²) in [6.45, 7) is 3.33. The fourth-order valence-electron chi connectivity index (χ4n) is 1.16. The average molecular weight is 229 g/mol. The molecule has 1 aromatic carbocycles. The predicted octanol–water partition coefficient (Wildman–Crippen LogP) is 2.11. The Kier molecular flexibility index (Phi) is 3.72. The fraction of sp³-hybridized carbons (Fsp3) is 0.364. The summed E-state index contributed by atoms with van der Waals surface area (Å²) in [5.74, 6) is -0.660. The molecule has 0 bridgehead atoms. The number of hydrogen-bond donors (Lipinski definition) is 1. The monoisotopic (exact) mass is 228 g/mol. The Balaban J connectivity index is 2.94. The Morgan fingerprint density at radius 1 is 1.47 bits per heavy atom. The van der Waals surface area contributed by atoms with E-state index < -0.39 is 11.6 Å². The van der Waals surface area contributed by atoms with Gasteiger partial charge in [0.05, 0.1) is 6.61 Å². The largest absolute Gasteiger partial charge is 0.464 e. The van der Waals surface area contributed by atoms with Crippen LogP contribution in [0.1, 0.15) is 19.4 Å². The molecule has 0 saturated carbocycles. The molecule has 0 spiro atoms. The molecule has 0 aliphatic carbocycles. The molecular formula is C11H13ClO3. The highest BCUT2D eigenvalue weighted by Gasteiger charge is 2.33. The Hall–Kier alpha value is -1.06. The molecule has 4 heteroatoms. The quantitative estimate of drug-likeness (QED) is 0.806. The van der Waals surface area contributed by atoms with Gasteiger partial charge in [0.1, 0.15) is 0 Å². The van der Waals surface area contributed by atoms with Crippen molar-refractivity contribution in [3.63, 3.8) is 0 Å². The molecule has 15 heavy (non-hydrogen) atoms. The third-order valence-corrected chi connectivity index (χ3v) is 2.33. The van der Waals surface area contributed by atoms with E-state index in [4.69, 9.17) is 16.3 Å². The maximum Gasteiger partial charge on any atom is 0.342 e. The van der Waals surface area contributed by atoms with Gasteiger partial charge in [-0.15, -0.1) is 0 Å². The summed E-state index contributed by atoms with van der Waals surface area (Å²) in [4.78, 5) is 11.4. The first-order valence-electron chi connectivity index (χ1n) is 4.64. The minimum absolute atomic E-state index is 0.239. The van der Waals surface area contributed by atoms with E-state index in [2.05, 4.69) is 0 Å². The van der Waals surface area contributed by atoms with Crippen molar-refractivity contribution in [1.82, 2.24) is 0 Å². The zero-order valence-corrected chi connectivity index (χ0v) is 9.41. The third kappa shape index (κ3) is 2.70. The van der Waals surface area contributed by atoms with Gasteiger partial charge in [0, 0.05) is 5.02 Å². The lowest BCUT2D eigenvalue weighted by Crippen LogP contribution is -2.34. The minimum atomic E-state index is -1.62. The minimum Gasteiger partial charge on any atom is -0.464 e. The van der Waals surface area contributed by atoms with Gasteiger partial charge >= 0.3 is 5.97 Å². The number of rotatable bonds is 3. The van der Waals surface area contributed by atoms with E-state index in [1.165, 1.54) is 6.92 Å². The maximum atomic E-state index is 11.4. The summed E-state index contributed by atoms with van der Waals surface area (Å²) in [6.07, 6.45) is 0. The maximum absolute atomic E-state index is 11.4. The highest BCUT2D eigenvalue weighted by atomic mass is 35.5. The molecule has 0 heterocycles. The van der Waals surface area contributed by atoms with Crippen molar-refractivity contribution in [2.24, 2.45) is 0 Å². The van der Waals surface area contributed by atoms with Crippen molar-refractivity contribution in [2.45, 2.75) is 19.4 Å². The van der Waals surface area contributed by atoms with Crippen LogP contribution in [0.15, 0.2) is 24.3 Å². The molecule has 1 rings (SSSR count). The van der Waals surface area contributed by atoms with Crippen LogP contribution in [0.5, 0.6) is 0 Å². The van der Waals surface area contributed by atoms with E-state index in [9.17, 15) is 9.90 Å². The first-order chi connectivity index (χ1) is 6.98. The molecule has 0 radical (unpaired) electrons. The second-order valence-electron chi connectivity index (χ2n) is 3.30. The summed E-state index contributed by atoms with van der Waals surface area (Å²) >= 11 is 5.70. The fourth-order valence-corrected chi connectivity index (χ4v) is 1.29. The first-order valence-corrected chi connectivity index (χ1v) is 5.02. The van der Waals surface area contributed by atoms with E-state index in [1.807, 2.05) is 0 Å². The summed E-state index contributed by atoms with van der Waals surface area (Å²) in [5.41, 5.74) is -1.16. The van der Waals surface area contributed by atoms with Crippen LogP contribution >= 0.6 is 11.6 Å². The van der Waals surface area contributed by atoms with Crippen LogP contribution < -0.4 is 0 Å². The summed E-state index contributed by atoms with van der Waals surface area (Å²) in [6, 6.07) is 6.42. The molecule has 1 N–H and O–H groups in total. The number of aliphatic hydroxyl groups is 1. The second-order valence-corrected chi connectivity index (χ2v) is 3.74. The number of carbonyl (C=O) groups excluding carboxylic acids is 1. The highest BCUT2D eigenvalue weighted by Crippen LogP contribution is 2.23. The molecular weight excluding hydrogens is 216 g/mol.